The summed E-state index contributed by atoms with van der Waals surface area (Å²) in [6.07, 6.45) is 6.36. The van der Waals surface area contributed by atoms with Gasteiger partial charge in [0, 0.05) is 21.1 Å². The van der Waals surface area contributed by atoms with Gasteiger partial charge in [-0.05, 0) is 0 Å². The molecule has 1 aliphatic rings. The van der Waals surface area contributed by atoms with Crippen LogP contribution in [0, 0.1) is 6.08 Å². The van der Waals surface area contributed by atoms with Gasteiger partial charge >= 0.3 is 6.09 Å². The molecule has 1 aliphatic heterocycles. The van der Waals surface area contributed by atoms with Crippen molar-refractivity contribution < 1.29 is 40.2 Å². The number of nitrogens with one attached hydrogen (secondary N) is 2. The van der Waals surface area contributed by atoms with Crippen LogP contribution in [0.5, 0.6) is 0 Å². The first-order valence-electron chi connectivity index (χ1n) is 6.24. The van der Waals surface area contributed by atoms with Crippen LogP contribution in [-0.4, -0.2) is 30.6 Å². The molecule has 0 aromatic heterocycles. The SMILES string of the molecule is C=C/C=C(\[C-]=CC)C(=O)NC1COC(=O)NC1=O.CC.[W]. The Morgan fingerprint density at radius 2 is 2.10 bits per heavy atom. The minimum Gasteiger partial charge on any atom is -0.447 e. The van der Waals surface area contributed by atoms with Gasteiger partial charge in [0.15, 0.2) is 0 Å². The number of rotatable bonds is 4. The number of amides is 3. The van der Waals surface area contributed by atoms with E-state index in [1.165, 1.54) is 12.2 Å². The summed E-state index contributed by atoms with van der Waals surface area (Å²) in [6.45, 7) is 9.00. The van der Waals surface area contributed by atoms with Crippen LogP contribution in [-0.2, 0) is 35.4 Å². The number of allylic oxidation sites excluding steroid dienone is 3. The summed E-state index contributed by atoms with van der Waals surface area (Å²) in [5.74, 6) is -1.09. The molecule has 0 spiro atoms. The molecule has 21 heavy (non-hydrogen) atoms. The van der Waals surface area contributed by atoms with Crippen molar-refractivity contribution in [3.8, 4) is 0 Å². The summed E-state index contributed by atoms with van der Waals surface area (Å²) in [6, 6.07) is -0.901. The van der Waals surface area contributed by atoms with Gasteiger partial charge in [-0.3, -0.25) is 10.1 Å². The molecule has 1 heterocycles. The smallest absolute Gasteiger partial charge is 0.413 e. The monoisotopic (exact) mass is 463 g/mol. The van der Waals surface area contributed by atoms with Crippen LogP contribution < -0.4 is 10.6 Å². The summed E-state index contributed by atoms with van der Waals surface area (Å²) in [7, 11) is 0. The van der Waals surface area contributed by atoms with E-state index in [4.69, 9.17) is 0 Å². The van der Waals surface area contributed by atoms with Crippen molar-refractivity contribution in [3.63, 3.8) is 0 Å². The number of carbonyl (C=O) groups is 3. The molecule has 7 heteroatoms. The molecule has 1 atom stereocenters. The van der Waals surface area contributed by atoms with Crippen LogP contribution in [0.4, 0.5) is 4.79 Å². The number of hydrogen-bond acceptors (Lipinski definition) is 4. The third-order valence-corrected chi connectivity index (χ3v) is 2.06. The van der Waals surface area contributed by atoms with Crippen molar-refractivity contribution in [2.24, 2.45) is 0 Å². The second-order valence-corrected chi connectivity index (χ2v) is 3.36. The first-order chi connectivity index (χ1) is 9.58. The summed E-state index contributed by atoms with van der Waals surface area (Å²) in [4.78, 5) is 33.9. The van der Waals surface area contributed by atoms with Gasteiger partial charge in [0.1, 0.15) is 18.6 Å². The minimum atomic E-state index is -0.901. The number of carbonyl (C=O) groups excluding carboxylic acids is 3. The van der Waals surface area contributed by atoms with Crippen LogP contribution in [0.15, 0.2) is 30.4 Å². The average Bonchev–Trinajstić information content (AvgIpc) is 2.44. The molecule has 2 N–H and O–H groups in total. The van der Waals surface area contributed by atoms with Gasteiger partial charge in [-0.15, -0.1) is 24.3 Å². The molecule has 6 nitrogen and oxygen atoms in total. The molecule has 0 radical (unpaired) electrons. The van der Waals surface area contributed by atoms with Crippen molar-refractivity contribution in [3.05, 3.63) is 36.5 Å². The Bertz CT molecular complexity index is 444. The fourth-order valence-electron chi connectivity index (χ4n) is 1.26. The summed E-state index contributed by atoms with van der Waals surface area (Å²) < 4.78 is 4.61. The first-order valence-corrected chi connectivity index (χ1v) is 6.24. The quantitative estimate of drug-likeness (QED) is 0.374. The molecule has 1 rings (SSSR count). The van der Waals surface area contributed by atoms with E-state index in [0.29, 0.717) is 0 Å². The van der Waals surface area contributed by atoms with E-state index in [1.54, 1.807) is 13.0 Å². The fraction of sp³-hybridized carbons (Fsp3) is 0.357. The molecular formula is C14H19N2O4W-. The molecule has 0 aliphatic carbocycles. The van der Waals surface area contributed by atoms with E-state index in [-0.39, 0.29) is 33.2 Å². The first kappa shape index (κ1) is 21.6. The van der Waals surface area contributed by atoms with Gasteiger partial charge in [0.2, 0.25) is 0 Å². The van der Waals surface area contributed by atoms with Gasteiger partial charge in [0.05, 0.1) is 0 Å². The zero-order chi connectivity index (χ0) is 15.5. The van der Waals surface area contributed by atoms with Gasteiger partial charge in [-0.25, -0.2) is 4.79 Å². The van der Waals surface area contributed by atoms with E-state index < -0.39 is 23.9 Å². The summed E-state index contributed by atoms with van der Waals surface area (Å²) in [5.41, 5.74) is 0.234. The zero-order valence-electron chi connectivity index (χ0n) is 12.3. The van der Waals surface area contributed by atoms with Gasteiger partial charge in [-0.2, -0.15) is 12.2 Å². The number of ether oxygens (including phenoxy) is 1. The van der Waals surface area contributed by atoms with Crippen molar-refractivity contribution in [1.82, 2.24) is 10.6 Å². The number of alkyl carbamates (subject to hydrolysis) is 1. The molecular weight excluding hydrogens is 444 g/mol. The van der Waals surface area contributed by atoms with E-state index in [0.717, 1.165) is 0 Å². The Hall–Kier alpha value is -1.68. The van der Waals surface area contributed by atoms with Crippen LogP contribution in [0.25, 0.3) is 0 Å². The van der Waals surface area contributed by atoms with Crippen molar-refractivity contribution in [2.75, 3.05) is 6.61 Å². The Kier molecular flexibility index (Phi) is 12.4. The Labute approximate surface area is 139 Å². The second kappa shape index (κ2) is 12.1. The standard InChI is InChI=1S/C12H13N2O4.C2H6.W/c1-3-5-8(6-4-2)10(15)13-9-7-18-12(17)14-11(9)16;1-2;/h3-5,9H,1,7H2,2H3,(H,13,15)(H,14,16,17);1-2H3;/q-1;;/b8-5+;;. The van der Waals surface area contributed by atoms with Gasteiger partial charge < -0.3 is 14.8 Å². The molecule has 0 saturated carbocycles. The molecule has 1 unspecified atom stereocenters. The zero-order valence-corrected chi connectivity index (χ0v) is 15.2. The van der Waals surface area contributed by atoms with Crippen molar-refractivity contribution >= 4 is 17.9 Å². The number of imide groups is 1. The minimum absolute atomic E-state index is 0. The fourth-order valence-corrected chi connectivity index (χ4v) is 1.26. The molecule has 1 fully saturated rings. The van der Waals surface area contributed by atoms with Gasteiger partial charge in [0.25, 0.3) is 5.91 Å². The van der Waals surface area contributed by atoms with E-state index in [1.807, 2.05) is 19.2 Å². The predicted molar refractivity (Wildman–Crippen MR) is 74.5 cm³/mol. The predicted octanol–water partition coefficient (Wildman–Crippen LogP) is 1.25. The molecule has 116 valence electrons. The maximum Gasteiger partial charge on any atom is 0.413 e. The number of hydrogen-bond donors (Lipinski definition) is 2. The van der Waals surface area contributed by atoms with Crippen LogP contribution in [0.2, 0.25) is 0 Å². The maximum atomic E-state index is 11.8. The van der Waals surface area contributed by atoms with Crippen LogP contribution >= 0.6 is 0 Å². The van der Waals surface area contributed by atoms with Crippen molar-refractivity contribution in [2.45, 2.75) is 26.8 Å². The Balaban J connectivity index is 0. The molecule has 0 aromatic carbocycles. The summed E-state index contributed by atoms with van der Waals surface area (Å²) >= 11 is 0. The van der Waals surface area contributed by atoms with E-state index >= 15 is 0 Å². The van der Waals surface area contributed by atoms with E-state index in [9.17, 15) is 14.4 Å². The third kappa shape index (κ3) is 7.61. The summed E-state index contributed by atoms with van der Waals surface area (Å²) in [5, 5.41) is 4.39. The molecule has 0 aromatic rings. The molecule has 1 saturated heterocycles. The van der Waals surface area contributed by atoms with Gasteiger partial charge in [-0.1, -0.05) is 20.8 Å². The molecule has 3 amide bonds. The second-order valence-electron chi connectivity index (χ2n) is 3.36. The topological polar surface area (TPSA) is 84.5 Å². The average molecular weight is 463 g/mol. The Morgan fingerprint density at radius 3 is 2.57 bits per heavy atom. The maximum absolute atomic E-state index is 11.8. The molecule has 0 bridgehead atoms. The van der Waals surface area contributed by atoms with Crippen LogP contribution in [0.1, 0.15) is 20.8 Å². The normalized spacial score (nSPS) is 17.7. The van der Waals surface area contributed by atoms with E-state index in [2.05, 4.69) is 22.7 Å². The largest absolute Gasteiger partial charge is 0.447 e. The Morgan fingerprint density at radius 1 is 1.48 bits per heavy atom. The van der Waals surface area contributed by atoms with Crippen molar-refractivity contribution in [1.29, 1.82) is 0 Å². The van der Waals surface area contributed by atoms with Crippen LogP contribution in [0.3, 0.4) is 0 Å². The number of cyclic esters (lactones) is 1. The third-order valence-electron chi connectivity index (χ3n) is 2.06.